The Balaban J connectivity index is 2.55. The molecule has 0 radical (unpaired) electrons. The van der Waals surface area contributed by atoms with Crippen LogP contribution >= 0.6 is 0 Å². The smallest absolute Gasteiger partial charge is 0.332 e. The molecule has 0 aromatic heterocycles. The Morgan fingerprint density at radius 2 is 2.00 bits per heavy atom. The molecule has 0 aliphatic rings. The number of amides is 2. The summed E-state index contributed by atoms with van der Waals surface area (Å²) in [6.45, 7) is 1.26. The first kappa shape index (κ1) is 15.8. The number of carbonyl (C=O) groups is 2. The Morgan fingerprint density at radius 3 is 2.60 bits per heavy atom. The lowest BCUT2D eigenvalue weighted by atomic mass is 10.2. The third kappa shape index (κ3) is 4.16. The minimum atomic E-state index is -1.61. The lowest BCUT2D eigenvalue weighted by Crippen LogP contribution is -2.33. The predicted octanol–water partition coefficient (Wildman–Crippen LogP) is 1.23. The molecule has 8 heteroatoms. The zero-order valence-electron chi connectivity index (χ0n) is 10.6. The number of carbonyl (C=O) groups excluding carboxylic acids is 1. The fraction of sp³-hybridized carbons (Fsp3) is 0.333. The second-order valence-electron chi connectivity index (χ2n) is 4.08. The van der Waals surface area contributed by atoms with E-state index in [0.717, 1.165) is 6.07 Å². The number of nitrogens with one attached hydrogen (secondary N) is 2. The molecule has 4 N–H and O–H groups in total. The average molecular weight is 288 g/mol. The number of hydrogen-bond donors (Lipinski definition) is 4. The molecule has 0 heterocycles. The number of anilines is 1. The summed E-state index contributed by atoms with van der Waals surface area (Å²) in [6.07, 6.45) is -1.83. The predicted molar refractivity (Wildman–Crippen MR) is 66.4 cm³/mol. The Morgan fingerprint density at radius 1 is 1.35 bits per heavy atom. The summed E-state index contributed by atoms with van der Waals surface area (Å²) in [5.41, 5.74) is -0.413. The molecule has 0 aliphatic heterocycles. The molecule has 0 saturated carbocycles. The Kier molecular flexibility index (Phi) is 5.39. The maximum absolute atomic E-state index is 13.6. The van der Waals surface area contributed by atoms with Crippen LogP contribution in [0.15, 0.2) is 12.1 Å². The van der Waals surface area contributed by atoms with Crippen molar-refractivity contribution in [2.75, 3.05) is 11.9 Å². The van der Waals surface area contributed by atoms with Crippen LogP contribution in [-0.2, 0) is 4.79 Å². The number of aliphatic carboxylic acids is 1. The number of hydrogen-bond acceptors (Lipinski definition) is 3. The topological polar surface area (TPSA) is 98.7 Å². The van der Waals surface area contributed by atoms with Crippen LogP contribution in [0, 0.1) is 18.6 Å². The van der Waals surface area contributed by atoms with E-state index in [2.05, 4.69) is 5.32 Å². The van der Waals surface area contributed by atoms with Crippen LogP contribution in [0.1, 0.15) is 12.0 Å². The molecular weight excluding hydrogens is 274 g/mol. The van der Waals surface area contributed by atoms with E-state index >= 15 is 0 Å². The first-order valence-electron chi connectivity index (χ1n) is 5.73. The molecule has 6 nitrogen and oxygen atoms in total. The highest BCUT2D eigenvalue weighted by Crippen LogP contribution is 2.21. The Labute approximate surface area is 113 Å². The molecular formula is C12H14F2N2O4. The van der Waals surface area contributed by atoms with E-state index in [0.29, 0.717) is 0 Å². The van der Waals surface area contributed by atoms with Crippen LogP contribution < -0.4 is 10.6 Å². The number of rotatable bonds is 5. The summed E-state index contributed by atoms with van der Waals surface area (Å²) in [5.74, 6) is -3.22. The first-order valence-corrected chi connectivity index (χ1v) is 5.73. The van der Waals surface area contributed by atoms with Crippen LogP contribution in [-0.4, -0.2) is 34.9 Å². The number of urea groups is 1. The van der Waals surface area contributed by atoms with E-state index in [1.807, 2.05) is 5.32 Å². The Bertz CT molecular complexity index is 522. The highest BCUT2D eigenvalue weighted by molar-refractivity contribution is 5.89. The molecule has 0 unspecified atom stereocenters. The minimum Gasteiger partial charge on any atom is -0.479 e. The highest BCUT2D eigenvalue weighted by Gasteiger charge is 2.15. The van der Waals surface area contributed by atoms with Crippen molar-refractivity contribution in [2.24, 2.45) is 0 Å². The molecule has 0 saturated heterocycles. The standard InChI is InChI=1S/C12H14F2N2O4/c1-6-2-3-7(13)10(9(6)14)16-12(20)15-5-4-8(17)11(18)19/h2-3,8,17H,4-5H2,1H3,(H,18,19)(H2,15,16,20)/t8-/m0/s1. The number of aryl methyl sites for hydroxylation is 1. The summed E-state index contributed by atoms with van der Waals surface area (Å²) in [7, 11) is 0. The Hall–Kier alpha value is -2.22. The monoisotopic (exact) mass is 288 g/mol. The fourth-order valence-corrected chi connectivity index (χ4v) is 1.37. The van der Waals surface area contributed by atoms with Gasteiger partial charge in [0.25, 0.3) is 0 Å². The minimum absolute atomic E-state index is 0.158. The van der Waals surface area contributed by atoms with Gasteiger partial charge in [0, 0.05) is 13.0 Å². The van der Waals surface area contributed by atoms with Gasteiger partial charge < -0.3 is 20.8 Å². The van der Waals surface area contributed by atoms with Crippen molar-refractivity contribution in [2.45, 2.75) is 19.4 Å². The van der Waals surface area contributed by atoms with Crippen LogP contribution in [0.2, 0.25) is 0 Å². The lowest BCUT2D eigenvalue weighted by Gasteiger charge is -2.11. The molecule has 0 fully saturated rings. The van der Waals surface area contributed by atoms with Gasteiger partial charge in [-0.15, -0.1) is 0 Å². The molecule has 0 bridgehead atoms. The van der Waals surface area contributed by atoms with Crippen LogP contribution in [0.4, 0.5) is 19.3 Å². The van der Waals surface area contributed by atoms with Crippen LogP contribution in [0.5, 0.6) is 0 Å². The third-order valence-electron chi connectivity index (χ3n) is 2.51. The second-order valence-corrected chi connectivity index (χ2v) is 4.08. The van der Waals surface area contributed by atoms with Gasteiger partial charge in [0.15, 0.2) is 11.9 Å². The van der Waals surface area contributed by atoms with Gasteiger partial charge in [0.05, 0.1) is 0 Å². The fourth-order valence-electron chi connectivity index (χ4n) is 1.37. The zero-order valence-corrected chi connectivity index (χ0v) is 10.6. The van der Waals surface area contributed by atoms with E-state index < -0.39 is 35.4 Å². The number of benzene rings is 1. The molecule has 1 aromatic carbocycles. The normalized spacial score (nSPS) is 11.8. The van der Waals surface area contributed by atoms with E-state index in [9.17, 15) is 18.4 Å². The summed E-state index contributed by atoms with van der Waals surface area (Å²) >= 11 is 0. The average Bonchev–Trinajstić information content (AvgIpc) is 2.39. The van der Waals surface area contributed by atoms with E-state index in [4.69, 9.17) is 10.2 Å². The van der Waals surface area contributed by atoms with Gasteiger partial charge in [0.1, 0.15) is 11.5 Å². The maximum atomic E-state index is 13.6. The van der Waals surface area contributed by atoms with E-state index in [-0.39, 0.29) is 18.5 Å². The van der Waals surface area contributed by atoms with Gasteiger partial charge in [-0.2, -0.15) is 0 Å². The van der Waals surface area contributed by atoms with Crippen molar-refractivity contribution >= 4 is 17.7 Å². The quantitative estimate of drug-likeness (QED) is 0.655. The molecule has 0 spiro atoms. The summed E-state index contributed by atoms with van der Waals surface area (Å²) in [4.78, 5) is 21.7. The van der Waals surface area contributed by atoms with E-state index in [1.54, 1.807) is 0 Å². The summed E-state index contributed by atoms with van der Waals surface area (Å²) < 4.78 is 26.9. The number of aliphatic hydroxyl groups excluding tert-OH is 1. The van der Waals surface area contributed by atoms with Crippen molar-refractivity contribution in [3.8, 4) is 0 Å². The van der Waals surface area contributed by atoms with Crippen LogP contribution in [0.3, 0.4) is 0 Å². The van der Waals surface area contributed by atoms with Crippen molar-refractivity contribution in [3.05, 3.63) is 29.3 Å². The van der Waals surface area contributed by atoms with Crippen LogP contribution in [0.25, 0.3) is 0 Å². The number of carboxylic acid groups (broad SMARTS) is 1. The molecule has 20 heavy (non-hydrogen) atoms. The van der Waals surface area contributed by atoms with Crippen molar-refractivity contribution in [3.63, 3.8) is 0 Å². The molecule has 1 rings (SSSR count). The molecule has 1 atom stereocenters. The molecule has 1 aromatic rings. The number of carboxylic acids is 1. The maximum Gasteiger partial charge on any atom is 0.332 e. The van der Waals surface area contributed by atoms with Crippen molar-refractivity contribution in [1.29, 1.82) is 0 Å². The van der Waals surface area contributed by atoms with Gasteiger partial charge in [-0.05, 0) is 18.6 Å². The van der Waals surface area contributed by atoms with Gasteiger partial charge in [0.2, 0.25) is 0 Å². The van der Waals surface area contributed by atoms with Gasteiger partial charge in [-0.25, -0.2) is 18.4 Å². The SMILES string of the molecule is Cc1ccc(F)c(NC(=O)NCC[C@H](O)C(=O)O)c1F. The number of aliphatic hydroxyl groups is 1. The van der Waals surface area contributed by atoms with Crippen molar-refractivity contribution in [1.82, 2.24) is 5.32 Å². The molecule has 110 valence electrons. The van der Waals surface area contributed by atoms with Gasteiger partial charge in [-0.1, -0.05) is 6.07 Å². The summed E-state index contributed by atoms with van der Waals surface area (Å²) in [5, 5.41) is 21.5. The largest absolute Gasteiger partial charge is 0.479 e. The number of halogens is 2. The van der Waals surface area contributed by atoms with Crippen molar-refractivity contribution < 1.29 is 28.6 Å². The third-order valence-corrected chi connectivity index (χ3v) is 2.51. The highest BCUT2D eigenvalue weighted by atomic mass is 19.1. The zero-order chi connectivity index (χ0) is 15.3. The molecule has 0 aliphatic carbocycles. The van der Waals surface area contributed by atoms with Gasteiger partial charge >= 0.3 is 12.0 Å². The van der Waals surface area contributed by atoms with E-state index in [1.165, 1.54) is 13.0 Å². The first-order chi connectivity index (χ1) is 9.32. The second kappa shape index (κ2) is 6.80. The lowest BCUT2D eigenvalue weighted by molar-refractivity contribution is -0.146. The van der Waals surface area contributed by atoms with Gasteiger partial charge in [-0.3, -0.25) is 0 Å². The molecule has 2 amide bonds. The summed E-state index contributed by atoms with van der Waals surface area (Å²) in [6, 6.07) is 1.35.